The molecule has 0 aromatic carbocycles. The lowest BCUT2D eigenvalue weighted by molar-refractivity contribution is 0.143. The molecule has 0 aliphatic rings. The third-order valence-corrected chi connectivity index (χ3v) is 6.03. The summed E-state index contributed by atoms with van der Waals surface area (Å²) in [6.07, 6.45) is 29.1. The zero-order valence-corrected chi connectivity index (χ0v) is 20.8. The number of amides is 1. The van der Waals surface area contributed by atoms with Crippen LogP contribution in [0.1, 0.15) is 155 Å². The Hall–Kier alpha value is -0.730. The number of hydrogen-bond donors (Lipinski definition) is 1. The van der Waals surface area contributed by atoms with Crippen LogP contribution in [-0.4, -0.2) is 19.2 Å². The van der Waals surface area contributed by atoms with Gasteiger partial charge in [0.05, 0.1) is 6.61 Å². The minimum absolute atomic E-state index is 0.232. The molecule has 0 aromatic rings. The minimum atomic E-state index is -0.232. The van der Waals surface area contributed by atoms with Crippen LogP contribution in [0.2, 0.25) is 0 Å². The molecule has 0 unspecified atom stereocenters. The van der Waals surface area contributed by atoms with E-state index in [4.69, 9.17) is 4.74 Å². The van der Waals surface area contributed by atoms with Crippen LogP contribution in [0.25, 0.3) is 0 Å². The smallest absolute Gasteiger partial charge is 0.407 e. The monoisotopic (exact) mass is 425 g/mol. The third-order valence-electron chi connectivity index (χ3n) is 6.03. The van der Waals surface area contributed by atoms with Gasteiger partial charge in [0.2, 0.25) is 0 Å². The summed E-state index contributed by atoms with van der Waals surface area (Å²) in [4.78, 5) is 11.6. The number of carbonyl (C=O) groups excluding carboxylic acids is 1. The molecule has 0 aliphatic heterocycles. The zero-order valence-electron chi connectivity index (χ0n) is 20.8. The van der Waals surface area contributed by atoms with Gasteiger partial charge in [-0.1, -0.05) is 142 Å². The van der Waals surface area contributed by atoms with E-state index >= 15 is 0 Å². The Labute approximate surface area is 189 Å². The summed E-state index contributed by atoms with van der Waals surface area (Å²) in [5, 5.41) is 2.88. The van der Waals surface area contributed by atoms with Crippen molar-refractivity contribution in [3.05, 3.63) is 0 Å². The van der Waals surface area contributed by atoms with Crippen LogP contribution in [0.15, 0.2) is 0 Å². The largest absolute Gasteiger partial charge is 0.450 e. The van der Waals surface area contributed by atoms with Gasteiger partial charge in [-0.05, 0) is 12.8 Å². The van der Waals surface area contributed by atoms with Crippen molar-refractivity contribution >= 4 is 6.09 Å². The lowest BCUT2D eigenvalue weighted by atomic mass is 10.0. The molecule has 0 fully saturated rings. The normalized spacial score (nSPS) is 11.0. The fraction of sp³-hybridized carbons (Fsp3) is 0.963. The average molecular weight is 426 g/mol. The number of nitrogens with one attached hydrogen (secondary N) is 1. The van der Waals surface area contributed by atoms with Crippen LogP contribution < -0.4 is 5.32 Å². The molecule has 0 spiro atoms. The summed E-state index contributed by atoms with van der Waals surface area (Å²) in [5.41, 5.74) is 0. The molecule has 1 amide bonds. The zero-order chi connectivity index (χ0) is 22.0. The van der Waals surface area contributed by atoms with E-state index in [1.807, 2.05) is 0 Å². The molecule has 0 saturated heterocycles. The van der Waals surface area contributed by atoms with Crippen LogP contribution in [-0.2, 0) is 4.74 Å². The lowest BCUT2D eigenvalue weighted by Crippen LogP contribution is -2.25. The number of carbonyl (C=O) groups is 1. The maximum atomic E-state index is 11.6. The molecule has 0 bridgehead atoms. The van der Waals surface area contributed by atoms with Crippen molar-refractivity contribution < 1.29 is 9.53 Å². The van der Waals surface area contributed by atoms with E-state index in [0.29, 0.717) is 6.61 Å². The van der Waals surface area contributed by atoms with Gasteiger partial charge in [-0.3, -0.25) is 0 Å². The summed E-state index contributed by atoms with van der Waals surface area (Å²) in [6, 6.07) is 0. The molecule has 3 heteroatoms. The second-order valence-electron chi connectivity index (χ2n) is 9.13. The molecule has 0 heterocycles. The van der Waals surface area contributed by atoms with Crippen molar-refractivity contribution in [2.24, 2.45) is 0 Å². The summed E-state index contributed by atoms with van der Waals surface area (Å²) in [5.74, 6) is 0. The number of ether oxygens (including phenoxy) is 1. The van der Waals surface area contributed by atoms with E-state index in [-0.39, 0.29) is 6.09 Å². The highest BCUT2D eigenvalue weighted by Gasteiger charge is 2.01. The first-order valence-corrected chi connectivity index (χ1v) is 13.7. The summed E-state index contributed by atoms with van der Waals surface area (Å²) in [6.45, 7) is 5.84. The van der Waals surface area contributed by atoms with Crippen molar-refractivity contribution in [2.75, 3.05) is 13.2 Å². The molecule has 0 saturated carbocycles. The maximum absolute atomic E-state index is 11.6. The van der Waals surface area contributed by atoms with Crippen LogP contribution in [0.3, 0.4) is 0 Å². The standard InChI is InChI=1S/C27H55NO2/c1-3-5-7-9-11-12-13-14-15-16-17-18-19-20-21-23-25-28-27(29)30-26-24-22-10-8-6-4-2/h3-26H2,1-2H3,(H,28,29). The quantitative estimate of drug-likeness (QED) is 0.156. The molecule has 0 aromatic heterocycles. The summed E-state index contributed by atoms with van der Waals surface area (Å²) >= 11 is 0. The maximum Gasteiger partial charge on any atom is 0.407 e. The predicted molar refractivity (Wildman–Crippen MR) is 132 cm³/mol. The predicted octanol–water partition coefficient (Wildman–Crippen LogP) is 9.33. The molecule has 0 radical (unpaired) electrons. The van der Waals surface area contributed by atoms with Crippen molar-refractivity contribution in [1.82, 2.24) is 5.32 Å². The van der Waals surface area contributed by atoms with E-state index in [0.717, 1.165) is 19.4 Å². The van der Waals surface area contributed by atoms with E-state index < -0.39 is 0 Å². The number of rotatable bonds is 24. The molecule has 0 rings (SSSR count). The van der Waals surface area contributed by atoms with Crippen molar-refractivity contribution in [1.29, 1.82) is 0 Å². The summed E-state index contributed by atoms with van der Waals surface area (Å²) in [7, 11) is 0. The van der Waals surface area contributed by atoms with Crippen molar-refractivity contribution in [3.8, 4) is 0 Å². The molecular formula is C27H55NO2. The topological polar surface area (TPSA) is 38.3 Å². The van der Waals surface area contributed by atoms with Gasteiger partial charge in [0.1, 0.15) is 0 Å². The lowest BCUT2D eigenvalue weighted by Gasteiger charge is -2.07. The Morgan fingerprint density at radius 3 is 1.23 bits per heavy atom. The molecule has 0 aliphatic carbocycles. The van der Waals surface area contributed by atoms with Gasteiger partial charge < -0.3 is 10.1 Å². The van der Waals surface area contributed by atoms with Gasteiger partial charge >= 0.3 is 6.09 Å². The van der Waals surface area contributed by atoms with Gasteiger partial charge in [-0.15, -0.1) is 0 Å². The van der Waals surface area contributed by atoms with Crippen LogP contribution in [0.5, 0.6) is 0 Å². The van der Waals surface area contributed by atoms with E-state index in [1.165, 1.54) is 128 Å². The molecule has 0 atom stereocenters. The van der Waals surface area contributed by atoms with Crippen LogP contribution >= 0.6 is 0 Å². The first-order valence-electron chi connectivity index (χ1n) is 13.7. The fourth-order valence-corrected chi connectivity index (χ4v) is 3.96. The Morgan fingerprint density at radius 1 is 0.500 bits per heavy atom. The fourth-order valence-electron chi connectivity index (χ4n) is 3.96. The molecule has 30 heavy (non-hydrogen) atoms. The Bertz CT molecular complexity index is 333. The van der Waals surface area contributed by atoms with Crippen LogP contribution in [0.4, 0.5) is 4.79 Å². The van der Waals surface area contributed by atoms with Crippen LogP contribution in [0, 0.1) is 0 Å². The molecule has 180 valence electrons. The number of hydrogen-bond acceptors (Lipinski definition) is 2. The first-order chi connectivity index (χ1) is 14.8. The van der Waals surface area contributed by atoms with Gasteiger partial charge in [-0.25, -0.2) is 4.79 Å². The minimum Gasteiger partial charge on any atom is -0.450 e. The highest BCUT2D eigenvalue weighted by Crippen LogP contribution is 2.13. The summed E-state index contributed by atoms with van der Waals surface area (Å²) < 4.78 is 5.23. The van der Waals surface area contributed by atoms with E-state index in [2.05, 4.69) is 19.2 Å². The van der Waals surface area contributed by atoms with Gasteiger partial charge in [0.15, 0.2) is 0 Å². The van der Waals surface area contributed by atoms with Gasteiger partial charge in [0, 0.05) is 6.54 Å². The average Bonchev–Trinajstić information content (AvgIpc) is 2.75. The second-order valence-corrected chi connectivity index (χ2v) is 9.13. The van der Waals surface area contributed by atoms with Crippen molar-refractivity contribution in [3.63, 3.8) is 0 Å². The second kappa shape index (κ2) is 26.3. The van der Waals surface area contributed by atoms with Gasteiger partial charge in [0.25, 0.3) is 0 Å². The van der Waals surface area contributed by atoms with E-state index in [9.17, 15) is 4.79 Å². The molecule has 1 N–H and O–H groups in total. The number of unbranched alkanes of at least 4 members (excludes halogenated alkanes) is 20. The first kappa shape index (κ1) is 29.3. The number of alkyl carbamates (subject to hydrolysis) is 1. The van der Waals surface area contributed by atoms with Crippen molar-refractivity contribution in [2.45, 2.75) is 155 Å². The highest BCUT2D eigenvalue weighted by atomic mass is 16.5. The Balaban J connectivity index is 3.11. The van der Waals surface area contributed by atoms with E-state index in [1.54, 1.807) is 0 Å². The highest BCUT2D eigenvalue weighted by molar-refractivity contribution is 5.66. The molecular weight excluding hydrogens is 370 g/mol. The Kier molecular flexibility index (Phi) is 25.7. The van der Waals surface area contributed by atoms with Gasteiger partial charge in [-0.2, -0.15) is 0 Å². The Morgan fingerprint density at radius 2 is 0.833 bits per heavy atom. The SMILES string of the molecule is CCCCCCCCCCCCCCCCCCNC(=O)OCCCCCCCC. The third kappa shape index (κ3) is 25.3. The molecule has 3 nitrogen and oxygen atoms in total.